The second-order valence-corrected chi connectivity index (χ2v) is 10.6. The van der Waals surface area contributed by atoms with E-state index in [0.717, 1.165) is 35.2 Å². The van der Waals surface area contributed by atoms with Gasteiger partial charge < -0.3 is 10.2 Å². The number of primary sulfonamides is 1. The molecule has 4 rings (SSSR count). The quantitative estimate of drug-likeness (QED) is 0.471. The molecule has 1 heterocycles. The molecule has 0 radical (unpaired) electrons. The van der Waals surface area contributed by atoms with Gasteiger partial charge in [-0.2, -0.15) is 0 Å². The Labute approximate surface area is 216 Å². The van der Waals surface area contributed by atoms with E-state index in [1.54, 1.807) is 24.3 Å². The van der Waals surface area contributed by atoms with Crippen LogP contribution in [-0.4, -0.2) is 44.1 Å². The predicted octanol–water partition coefficient (Wildman–Crippen LogP) is 4.46. The van der Waals surface area contributed by atoms with Gasteiger partial charge in [0.25, 0.3) is 11.8 Å². The lowest BCUT2D eigenvalue weighted by molar-refractivity contribution is -0.115. The molecule has 3 N–H and O–H groups in total. The minimum absolute atomic E-state index is 0.00142. The van der Waals surface area contributed by atoms with Crippen LogP contribution in [0.4, 0.5) is 18.9 Å². The van der Waals surface area contributed by atoms with E-state index in [4.69, 9.17) is 16.7 Å². The molecule has 0 aliphatic carbocycles. The van der Waals surface area contributed by atoms with Crippen molar-refractivity contribution in [3.8, 4) is 11.1 Å². The van der Waals surface area contributed by atoms with Gasteiger partial charge in [0, 0.05) is 34.8 Å². The van der Waals surface area contributed by atoms with E-state index in [1.807, 2.05) is 0 Å². The molecular weight excluding hydrogens is 531 g/mol. The van der Waals surface area contributed by atoms with Gasteiger partial charge in [-0.25, -0.2) is 26.7 Å². The van der Waals surface area contributed by atoms with Crippen molar-refractivity contribution in [1.29, 1.82) is 0 Å². The number of rotatable bonds is 6. The van der Waals surface area contributed by atoms with Gasteiger partial charge >= 0.3 is 0 Å². The number of benzene rings is 3. The Bertz CT molecular complexity index is 1500. The van der Waals surface area contributed by atoms with Gasteiger partial charge in [0.1, 0.15) is 5.82 Å². The molecular formula is C25H21ClF3N3O4S. The van der Waals surface area contributed by atoms with Crippen molar-refractivity contribution < 1.29 is 31.2 Å². The third kappa shape index (κ3) is 6.30. The van der Waals surface area contributed by atoms with Crippen molar-refractivity contribution in [3.63, 3.8) is 0 Å². The number of nitrogens with one attached hydrogen (secondary N) is 1. The molecule has 1 aliphatic heterocycles. The second kappa shape index (κ2) is 10.2. The Hall–Kier alpha value is -3.41. The summed E-state index contributed by atoms with van der Waals surface area (Å²) in [5.41, 5.74) is 0.310. The van der Waals surface area contributed by atoms with Crippen LogP contribution in [0.3, 0.4) is 0 Å². The summed E-state index contributed by atoms with van der Waals surface area (Å²) in [6.45, 7) is -0.901. The maximum atomic E-state index is 14.8. The van der Waals surface area contributed by atoms with Crippen LogP contribution in [-0.2, 0) is 21.2 Å². The molecule has 1 aliphatic rings. The maximum Gasteiger partial charge on any atom is 0.267 e. The molecule has 0 unspecified atom stereocenters. The van der Waals surface area contributed by atoms with Crippen molar-refractivity contribution in [3.05, 3.63) is 82.6 Å². The van der Waals surface area contributed by atoms with Crippen LogP contribution >= 0.6 is 11.6 Å². The SMILES string of the molecule is NS(=O)(=O)c1cc(NC(=O)Cc2ccccc2Cl)cc(-c2cc(C(=O)N3CCC(F)(F)C3)ccc2F)c1. The number of nitrogens with two attached hydrogens (primary N) is 1. The number of likely N-dealkylation sites (tertiary alicyclic amines) is 1. The number of nitrogens with zero attached hydrogens (tertiary/aromatic N) is 1. The van der Waals surface area contributed by atoms with E-state index >= 15 is 0 Å². The summed E-state index contributed by atoms with van der Waals surface area (Å²) in [6, 6.07) is 13.5. The van der Waals surface area contributed by atoms with E-state index < -0.39 is 51.4 Å². The number of anilines is 1. The van der Waals surface area contributed by atoms with Gasteiger partial charge in [-0.1, -0.05) is 29.8 Å². The summed E-state index contributed by atoms with van der Waals surface area (Å²) < 4.78 is 66.2. The van der Waals surface area contributed by atoms with E-state index in [-0.39, 0.29) is 35.3 Å². The molecule has 0 bridgehead atoms. The largest absolute Gasteiger partial charge is 0.332 e. The van der Waals surface area contributed by atoms with E-state index in [0.29, 0.717) is 10.6 Å². The zero-order chi connectivity index (χ0) is 27.0. The normalized spacial score (nSPS) is 15.0. The first kappa shape index (κ1) is 26.6. The van der Waals surface area contributed by atoms with Gasteiger partial charge in [-0.15, -0.1) is 0 Å². The topological polar surface area (TPSA) is 110 Å². The summed E-state index contributed by atoms with van der Waals surface area (Å²) >= 11 is 6.09. The van der Waals surface area contributed by atoms with E-state index in [1.165, 1.54) is 6.07 Å². The minimum Gasteiger partial charge on any atom is -0.332 e. The second-order valence-electron chi connectivity index (χ2n) is 8.63. The van der Waals surface area contributed by atoms with Crippen LogP contribution in [0.15, 0.2) is 65.6 Å². The summed E-state index contributed by atoms with van der Waals surface area (Å²) in [5.74, 6) is -5.04. The van der Waals surface area contributed by atoms with E-state index in [9.17, 15) is 31.2 Å². The molecule has 1 saturated heterocycles. The first-order valence-electron chi connectivity index (χ1n) is 11.0. The molecule has 0 atom stereocenters. The molecule has 0 saturated carbocycles. The lowest BCUT2D eigenvalue weighted by atomic mass is 10.0. The molecule has 194 valence electrons. The number of amides is 2. The first-order valence-corrected chi connectivity index (χ1v) is 12.9. The summed E-state index contributed by atoms with van der Waals surface area (Å²) in [7, 11) is -4.28. The summed E-state index contributed by atoms with van der Waals surface area (Å²) in [6.07, 6.45) is -0.589. The minimum atomic E-state index is -4.28. The lowest BCUT2D eigenvalue weighted by Crippen LogP contribution is -2.31. The number of carbonyl (C=O) groups excluding carboxylic acids is 2. The van der Waals surface area contributed by atoms with Crippen molar-refractivity contribution >= 4 is 39.1 Å². The van der Waals surface area contributed by atoms with Crippen LogP contribution in [0.1, 0.15) is 22.3 Å². The Morgan fingerprint density at radius 1 is 1.08 bits per heavy atom. The van der Waals surface area contributed by atoms with Crippen LogP contribution in [0.25, 0.3) is 11.1 Å². The molecule has 12 heteroatoms. The number of hydrogen-bond donors (Lipinski definition) is 2. The van der Waals surface area contributed by atoms with Gasteiger partial charge in [0.05, 0.1) is 17.9 Å². The zero-order valence-corrected chi connectivity index (χ0v) is 20.8. The third-order valence-electron chi connectivity index (χ3n) is 5.81. The molecule has 1 fully saturated rings. The van der Waals surface area contributed by atoms with Gasteiger partial charge in [-0.3, -0.25) is 9.59 Å². The van der Waals surface area contributed by atoms with Crippen molar-refractivity contribution in [1.82, 2.24) is 4.90 Å². The van der Waals surface area contributed by atoms with Crippen molar-refractivity contribution in [2.45, 2.75) is 23.7 Å². The molecule has 3 aromatic carbocycles. The van der Waals surface area contributed by atoms with Gasteiger partial charge in [0.15, 0.2) is 0 Å². The monoisotopic (exact) mass is 551 g/mol. The van der Waals surface area contributed by atoms with Gasteiger partial charge in [0.2, 0.25) is 15.9 Å². The number of carbonyl (C=O) groups is 2. The summed E-state index contributed by atoms with van der Waals surface area (Å²) in [5, 5.41) is 8.21. The number of sulfonamides is 1. The standard InChI is InChI=1S/C25H21ClF3N3O4S/c26-21-4-2-1-3-15(21)12-23(33)31-18-9-17(10-19(13-18)37(30,35)36)20-11-16(5-6-22(20)27)24(34)32-8-7-25(28,29)14-32/h1-6,9-11,13H,7-8,12,14H2,(H,31,33)(H2,30,35,36). The van der Waals surface area contributed by atoms with Crippen molar-refractivity contribution in [2.24, 2.45) is 5.14 Å². The first-order chi connectivity index (χ1) is 17.3. The fraction of sp³-hybridized carbons (Fsp3) is 0.200. The average Bonchev–Trinajstić information content (AvgIpc) is 3.19. The zero-order valence-electron chi connectivity index (χ0n) is 19.2. The van der Waals surface area contributed by atoms with Crippen LogP contribution < -0.4 is 10.5 Å². The van der Waals surface area contributed by atoms with Crippen LogP contribution in [0, 0.1) is 5.82 Å². The maximum absolute atomic E-state index is 14.8. The Morgan fingerprint density at radius 3 is 2.46 bits per heavy atom. The molecule has 7 nitrogen and oxygen atoms in total. The highest BCUT2D eigenvalue weighted by atomic mass is 35.5. The van der Waals surface area contributed by atoms with E-state index in [2.05, 4.69) is 5.32 Å². The summed E-state index contributed by atoms with van der Waals surface area (Å²) in [4.78, 5) is 25.9. The molecule has 2 amide bonds. The number of alkyl halides is 2. The highest BCUT2D eigenvalue weighted by molar-refractivity contribution is 7.89. The fourth-order valence-electron chi connectivity index (χ4n) is 3.98. The highest BCUT2D eigenvalue weighted by Crippen LogP contribution is 2.32. The van der Waals surface area contributed by atoms with Crippen LogP contribution in [0.2, 0.25) is 5.02 Å². The molecule has 3 aromatic rings. The number of hydrogen-bond acceptors (Lipinski definition) is 4. The van der Waals surface area contributed by atoms with Crippen molar-refractivity contribution in [2.75, 3.05) is 18.4 Å². The third-order valence-corrected chi connectivity index (χ3v) is 7.07. The van der Waals surface area contributed by atoms with Gasteiger partial charge in [-0.05, 0) is 53.6 Å². The highest BCUT2D eigenvalue weighted by Gasteiger charge is 2.40. The molecule has 37 heavy (non-hydrogen) atoms. The fourth-order valence-corrected chi connectivity index (χ4v) is 4.77. The Morgan fingerprint density at radius 2 is 1.81 bits per heavy atom. The molecule has 0 aromatic heterocycles. The Balaban J connectivity index is 1.68. The number of halogens is 4. The van der Waals surface area contributed by atoms with Crippen LogP contribution in [0.5, 0.6) is 0 Å². The lowest BCUT2D eigenvalue weighted by Gasteiger charge is -2.17. The smallest absolute Gasteiger partial charge is 0.267 e. The predicted molar refractivity (Wildman–Crippen MR) is 132 cm³/mol. The average molecular weight is 552 g/mol. The molecule has 0 spiro atoms. The Kier molecular flexibility index (Phi) is 7.31.